The maximum atomic E-state index is 13.2. The summed E-state index contributed by atoms with van der Waals surface area (Å²) in [6.07, 6.45) is 0. The highest BCUT2D eigenvalue weighted by Gasteiger charge is 2.14. The molecule has 2 rings (SSSR count). The van der Waals surface area contributed by atoms with Gasteiger partial charge in [0.25, 0.3) is 5.91 Å². The fourth-order valence-corrected chi connectivity index (χ4v) is 2.52. The van der Waals surface area contributed by atoms with Crippen LogP contribution in [0.2, 0.25) is 0 Å². The maximum absolute atomic E-state index is 13.2. The number of aromatic carboxylic acids is 1. The topological polar surface area (TPSA) is 66.4 Å². The molecule has 21 heavy (non-hydrogen) atoms. The van der Waals surface area contributed by atoms with Gasteiger partial charge in [0, 0.05) is 8.95 Å². The maximum Gasteiger partial charge on any atom is 0.335 e. The molecular weight excluding hydrogens is 409 g/mol. The Morgan fingerprint density at radius 3 is 2.38 bits per heavy atom. The van der Waals surface area contributed by atoms with E-state index >= 15 is 0 Å². The highest BCUT2D eigenvalue weighted by Crippen LogP contribution is 2.25. The molecule has 1 amide bonds. The van der Waals surface area contributed by atoms with E-state index in [1.54, 1.807) is 0 Å². The van der Waals surface area contributed by atoms with Gasteiger partial charge in [-0.05, 0) is 68.3 Å². The number of carbonyl (C=O) groups excluding carboxylic acids is 1. The summed E-state index contributed by atoms with van der Waals surface area (Å²) < 4.78 is 14.1. The normalized spacial score (nSPS) is 10.2. The number of anilines is 1. The van der Waals surface area contributed by atoms with E-state index in [-0.39, 0.29) is 11.1 Å². The Balaban J connectivity index is 2.27. The summed E-state index contributed by atoms with van der Waals surface area (Å²) in [5.74, 6) is -2.10. The fraction of sp³-hybridized carbons (Fsp3) is 0. The number of halogens is 3. The zero-order valence-electron chi connectivity index (χ0n) is 10.4. The molecule has 4 nitrogen and oxygen atoms in total. The average Bonchev–Trinajstić information content (AvgIpc) is 2.43. The average molecular weight is 417 g/mol. The summed E-state index contributed by atoms with van der Waals surface area (Å²) in [6, 6.07) is 7.98. The van der Waals surface area contributed by atoms with Crippen molar-refractivity contribution in [2.24, 2.45) is 0 Å². The number of nitrogens with one attached hydrogen (secondary N) is 1. The van der Waals surface area contributed by atoms with Gasteiger partial charge >= 0.3 is 5.97 Å². The molecule has 0 heterocycles. The summed E-state index contributed by atoms with van der Waals surface area (Å²) in [5.41, 5.74) is 0.622. The quantitative estimate of drug-likeness (QED) is 0.783. The van der Waals surface area contributed by atoms with E-state index in [4.69, 9.17) is 5.11 Å². The first-order valence-electron chi connectivity index (χ1n) is 5.67. The van der Waals surface area contributed by atoms with Crippen LogP contribution in [0.15, 0.2) is 45.3 Å². The molecule has 0 radical (unpaired) electrons. The van der Waals surface area contributed by atoms with Crippen molar-refractivity contribution >= 4 is 49.4 Å². The molecule has 0 aromatic heterocycles. The fourth-order valence-electron chi connectivity index (χ4n) is 1.61. The van der Waals surface area contributed by atoms with Crippen molar-refractivity contribution in [2.75, 3.05) is 5.32 Å². The summed E-state index contributed by atoms with van der Waals surface area (Å²) in [4.78, 5) is 22.9. The van der Waals surface area contributed by atoms with Crippen LogP contribution in [0.1, 0.15) is 20.7 Å². The summed E-state index contributed by atoms with van der Waals surface area (Å²) in [5, 5.41) is 11.5. The second kappa shape index (κ2) is 6.36. The van der Waals surface area contributed by atoms with Crippen molar-refractivity contribution in [1.82, 2.24) is 0 Å². The van der Waals surface area contributed by atoms with E-state index in [0.717, 1.165) is 6.07 Å². The lowest BCUT2D eigenvalue weighted by Crippen LogP contribution is -2.13. The first kappa shape index (κ1) is 15.7. The molecule has 0 aliphatic carbocycles. The Morgan fingerprint density at radius 1 is 1.05 bits per heavy atom. The van der Waals surface area contributed by atoms with Crippen LogP contribution >= 0.6 is 31.9 Å². The van der Waals surface area contributed by atoms with Gasteiger partial charge in [-0.2, -0.15) is 0 Å². The first-order chi connectivity index (χ1) is 9.88. The molecule has 0 aliphatic rings. The van der Waals surface area contributed by atoms with Gasteiger partial charge in [0.1, 0.15) is 5.82 Å². The van der Waals surface area contributed by atoms with Gasteiger partial charge in [-0.15, -0.1) is 0 Å². The van der Waals surface area contributed by atoms with Crippen LogP contribution in [0.3, 0.4) is 0 Å². The molecule has 0 saturated heterocycles. The van der Waals surface area contributed by atoms with Crippen molar-refractivity contribution in [3.8, 4) is 0 Å². The molecule has 0 fully saturated rings. The minimum absolute atomic E-state index is 0.0896. The van der Waals surface area contributed by atoms with Crippen molar-refractivity contribution in [2.45, 2.75) is 0 Å². The van der Waals surface area contributed by atoms with Crippen LogP contribution in [-0.2, 0) is 0 Å². The van der Waals surface area contributed by atoms with Gasteiger partial charge < -0.3 is 10.4 Å². The van der Waals surface area contributed by atoms with Crippen LogP contribution in [0.5, 0.6) is 0 Å². The Morgan fingerprint density at radius 2 is 1.76 bits per heavy atom. The van der Waals surface area contributed by atoms with E-state index in [2.05, 4.69) is 37.2 Å². The monoisotopic (exact) mass is 415 g/mol. The van der Waals surface area contributed by atoms with Gasteiger partial charge in [-0.25, -0.2) is 9.18 Å². The lowest BCUT2D eigenvalue weighted by Gasteiger charge is -2.09. The molecule has 0 aliphatic heterocycles. The van der Waals surface area contributed by atoms with E-state index in [1.165, 1.54) is 30.3 Å². The predicted molar refractivity (Wildman–Crippen MR) is 83.2 cm³/mol. The lowest BCUT2D eigenvalue weighted by atomic mass is 10.2. The number of hydrogen-bond acceptors (Lipinski definition) is 2. The number of benzene rings is 2. The van der Waals surface area contributed by atoms with E-state index in [9.17, 15) is 14.0 Å². The Labute approximate surface area is 136 Å². The first-order valence-corrected chi connectivity index (χ1v) is 7.26. The molecular formula is C14H8Br2FNO3. The molecule has 0 bridgehead atoms. The third-order valence-corrected chi connectivity index (χ3v) is 3.98. The van der Waals surface area contributed by atoms with Gasteiger partial charge in [-0.1, -0.05) is 0 Å². The lowest BCUT2D eigenvalue weighted by molar-refractivity contribution is 0.0696. The zero-order chi connectivity index (χ0) is 15.6. The third kappa shape index (κ3) is 3.68. The highest BCUT2D eigenvalue weighted by molar-refractivity contribution is 9.11. The Kier molecular flexibility index (Phi) is 4.74. The summed E-state index contributed by atoms with van der Waals surface area (Å²) in [7, 11) is 0. The number of carboxylic acid groups (broad SMARTS) is 1. The number of carbonyl (C=O) groups is 2. The minimum atomic E-state index is -1.07. The van der Waals surface area contributed by atoms with E-state index in [1.807, 2.05) is 0 Å². The van der Waals surface area contributed by atoms with Gasteiger partial charge in [0.15, 0.2) is 0 Å². The molecule has 0 spiro atoms. The van der Waals surface area contributed by atoms with Crippen molar-refractivity contribution in [1.29, 1.82) is 0 Å². The second-order valence-corrected chi connectivity index (χ2v) is 5.79. The van der Waals surface area contributed by atoms with Crippen molar-refractivity contribution in [3.63, 3.8) is 0 Å². The molecule has 7 heteroatoms. The number of amides is 1. The summed E-state index contributed by atoms with van der Waals surface area (Å²) >= 11 is 6.36. The third-order valence-electron chi connectivity index (χ3n) is 2.64. The Hall–Kier alpha value is -1.73. The number of rotatable bonds is 3. The van der Waals surface area contributed by atoms with Crippen LogP contribution in [0.4, 0.5) is 10.1 Å². The van der Waals surface area contributed by atoms with Crippen LogP contribution in [0.25, 0.3) is 0 Å². The zero-order valence-corrected chi connectivity index (χ0v) is 13.5. The SMILES string of the molecule is O=C(O)c1ccc(NC(=O)c2cc(F)ccc2Br)c(Br)c1. The standard InChI is InChI=1S/C14H8Br2FNO3/c15-10-3-2-8(17)6-9(10)13(19)18-12-4-1-7(14(20)21)5-11(12)16/h1-6H,(H,18,19)(H,20,21). The number of hydrogen-bond donors (Lipinski definition) is 2. The van der Waals surface area contributed by atoms with E-state index in [0.29, 0.717) is 14.6 Å². The molecule has 108 valence electrons. The van der Waals surface area contributed by atoms with Crippen LogP contribution in [0, 0.1) is 5.82 Å². The predicted octanol–water partition coefficient (Wildman–Crippen LogP) is 4.30. The molecule has 0 unspecified atom stereocenters. The van der Waals surface area contributed by atoms with Crippen molar-refractivity contribution < 1.29 is 19.1 Å². The second-order valence-electron chi connectivity index (χ2n) is 4.08. The van der Waals surface area contributed by atoms with Gasteiger partial charge in [-0.3, -0.25) is 4.79 Å². The molecule has 2 N–H and O–H groups in total. The molecule has 2 aromatic rings. The van der Waals surface area contributed by atoms with Crippen LogP contribution in [-0.4, -0.2) is 17.0 Å². The molecule has 2 aromatic carbocycles. The molecule has 0 atom stereocenters. The Bertz CT molecular complexity index is 734. The summed E-state index contributed by atoms with van der Waals surface area (Å²) in [6.45, 7) is 0. The van der Waals surface area contributed by atoms with Gasteiger partial charge in [0.05, 0.1) is 16.8 Å². The molecule has 0 saturated carbocycles. The van der Waals surface area contributed by atoms with Crippen molar-refractivity contribution in [3.05, 3.63) is 62.3 Å². The minimum Gasteiger partial charge on any atom is -0.478 e. The number of carboxylic acids is 1. The highest BCUT2D eigenvalue weighted by atomic mass is 79.9. The van der Waals surface area contributed by atoms with E-state index < -0.39 is 17.7 Å². The van der Waals surface area contributed by atoms with Crippen LogP contribution < -0.4 is 5.32 Å². The largest absolute Gasteiger partial charge is 0.478 e. The smallest absolute Gasteiger partial charge is 0.335 e. The van der Waals surface area contributed by atoms with Gasteiger partial charge in [0.2, 0.25) is 0 Å².